The van der Waals surface area contributed by atoms with Crippen LogP contribution in [0.4, 0.5) is 0 Å². The van der Waals surface area contributed by atoms with Crippen LogP contribution < -0.4 is 0 Å². The minimum atomic E-state index is -0.774. The molecule has 0 bridgehead atoms. The first kappa shape index (κ1) is 13.5. The normalized spacial score (nSPS) is 11.6. The van der Waals surface area contributed by atoms with Crippen molar-refractivity contribution in [3.8, 4) is 0 Å². The van der Waals surface area contributed by atoms with E-state index < -0.39 is 5.97 Å². The van der Waals surface area contributed by atoms with E-state index in [0.717, 1.165) is 18.4 Å². The fraction of sp³-hybridized carbons (Fsp3) is 0.400. The number of aryl methyl sites for hydroxylation is 1. The molecule has 0 atom stereocenters. The van der Waals surface area contributed by atoms with Gasteiger partial charge in [0.2, 0.25) is 0 Å². The summed E-state index contributed by atoms with van der Waals surface area (Å²) in [6.45, 7) is 6.29. The van der Waals surface area contributed by atoms with Gasteiger partial charge in [-0.3, -0.25) is 4.79 Å². The molecule has 0 amide bonds. The molecule has 0 unspecified atom stereocenters. The molecule has 2 nitrogen and oxygen atoms in total. The molecule has 92 valence electrons. The number of hydrogen-bond acceptors (Lipinski definition) is 1. The average Bonchev–Trinajstić information content (AvgIpc) is 2.28. The second-order valence-corrected chi connectivity index (χ2v) is 4.32. The number of rotatable bonds is 5. The first-order chi connectivity index (χ1) is 8.06. The molecule has 0 saturated carbocycles. The SMILES string of the molecule is CCC/C(=C\CC(=O)O)c1cccc(C)c1C. The number of hydrogen-bond donors (Lipinski definition) is 1. The highest BCUT2D eigenvalue weighted by atomic mass is 16.4. The van der Waals surface area contributed by atoms with Gasteiger partial charge in [-0.2, -0.15) is 0 Å². The molecule has 17 heavy (non-hydrogen) atoms. The van der Waals surface area contributed by atoms with Crippen LogP contribution >= 0.6 is 0 Å². The van der Waals surface area contributed by atoms with Crippen LogP contribution in [0.15, 0.2) is 24.3 Å². The van der Waals surface area contributed by atoms with Gasteiger partial charge in [0, 0.05) is 0 Å². The van der Waals surface area contributed by atoms with Crippen molar-refractivity contribution in [2.24, 2.45) is 0 Å². The number of allylic oxidation sites excluding steroid dienone is 1. The van der Waals surface area contributed by atoms with Gasteiger partial charge in [0.15, 0.2) is 0 Å². The molecule has 0 aliphatic heterocycles. The Morgan fingerprint density at radius 3 is 2.65 bits per heavy atom. The van der Waals surface area contributed by atoms with Crippen LogP contribution in [0.3, 0.4) is 0 Å². The first-order valence-corrected chi connectivity index (χ1v) is 6.03. The van der Waals surface area contributed by atoms with Crippen molar-refractivity contribution in [2.75, 3.05) is 0 Å². The van der Waals surface area contributed by atoms with E-state index in [2.05, 4.69) is 32.9 Å². The van der Waals surface area contributed by atoms with E-state index in [0.29, 0.717) is 0 Å². The smallest absolute Gasteiger partial charge is 0.307 e. The molecule has 0 saturated heterocycles. The molecule has 0 heterocycles. The lowest BCUT2D eigenvalue weighted by molar-refractivity contribution is -0.135. The summed E-state index contributed by atoms with van der Waals surface area (Å²) in [5.74, 6) is -0.774. The lowest BCUT2D eigenvalue weighted by atomic mass is 9.93. The minimum absolute atomic E-state index is 0.0999. The van der Waals surface area contributed by atoms with Gasteiger partial charge in [-0.25, -0.2) is 0 Å². The molecular weight excluding hydrogens is 212 g/mol. The van der Waals surface area contributed by atoms with Crippen LogP contribution in [0.5, 0.6) is 0 Å². The van der Waals surface area contributed by atoms with Crippen molar-refractivity contribution < 1.29 is 9.90 Å². The highest BCUT2D eigenvalue weighted by Gasteiger charge is 2.06. The molecule has 0 aliphatic rings. The summed E-state index contributed by atoms with van der Waals surface area (Å²) >= 11 is 0. The molecule has 1 N–H and O–H groups in total. The van der Waals surface area contributed by atoms with Crippen molar-refractivity contribution >= 4 is 11.5 Å². The summed E-state index contributed by atoms with van der Waals surface area (Å²) in [7, 11) is 0. The van der Waals surface area contributed by atoms with Crippen LogP contribution in [0.2, 0.25) is 0 Å². The molecule has 1 aromatic carbocycles. The molecule has 0 aromatic heterocycles. The van der Waals surface area contributed by atoms with E-state index in [1.165, 1.54) is 16.7 Å². The summed E-state index contributed by atoms with van der Waals surface area (Å²) in [4.78, 5) is 10.6. The van der Waals surface area contributed by atoms with Crippen molar-refractivity contribution in [3.05, 3.63) is 41.0 Å². The van der Waals surface area contributed by atoms with Crippen LogP contribution in [-0.2, 0) is 4.79 Å². The molecule has 0 radical (unpaired) electrons. The second kappa shape index (κ2) is 6.24. The molecule has 0 aliphatic carbocycles. The largest absolute Gasteiger partial charge is 0.481 e. The van der Waals surface area contributed by atoms with E-state index >= 15 is 0 Å². The standard InChI is InChI=1S/C15H20O2/c1-4-6-13(9-10-15(16)17)14-8-5-7-11(2)12(14)3/h5,7-9H,4,6,10H2,1-3H3,(H,16,17)/b13-9+. The van der Waals surface area contributed by atoms with E-state index in [1.807, 2.05) is 12.1 Å². The van der Waals surface area contributed by atoms with Crippen molar-refractivity contribution in [1.29, 1.82) is 0 Å². The Hall–Kier alpha value is -1.57. The Morgan fingerprint density at radius 2 is 2.06 bits per heavy atom. The lowest BCUT2D eigenvalue weighted by Crippen LogP contribution is -1.95. The van der Waals surface area contributed by atoms with E-state index in [1.54, 1.807) is 0 Å². The monoisotopic (exact) mass is 232 g/mol. The summed E-state index contributed by atoms with van der Waals surface area (Å²) in [6.07, 6.45) is 3.90. The molecule has 0 spiro atoms. The molecule has 0 fully saturated rings. The van der Waals surface area contributed by atoms with Crippen molar-refractivity contribution in [2.45, 2.75) is 40.0 Å². The summed E-state index contributed by atoms with van der Waals surface area (Å²) < 4.78 is 0. The summed E-state index contributed by atoms with van der Waals surface area (Å²) in [5.41, 5.74) is 4.83. The van der Waals surface area contributed by atoms with Gasteiger partial charge >= 0.3 is 5.97 Å². The van der Waals surface area contributed by atoms with E-state index in [4.69, 9.17) is 5.11 Å². The van der Waals surface area contributed by atoms with Gasteiger partial charge in [0.25, 0.3) is 0 Å². The third kappa shape index (κ3) is 3.74. The fourth-order valence-corrected chi connectivity index (χ4v) is 1.93. The number of carboxylic acids is 1. The molecule has 2 heteroatoms. The Labute approximate surface area is 103 Å². The highest BCUT2D eigenvalue weighted by Crippen LogP contribution is 2.25. The number of carbonyl (C=O) groups is 1. The van der Waals surface area contributed by atoms with Gasteiger partial charge in [0.1, 0.15) is 0 Å². The molecule has 1 rings (SSSR count). The van der Waals surface area contributed by atoms with Gasteiger partial charge in [0.05, 0.1) is 6.42 Å². The van der Waals surface area contributed by atoms with Crippen molar-refractivity contribution in [1.82, 2.24) is 0 Å². The summed E-state index contributed by atoms with van der Waals surface area (Å²) in [5, 5.41) is 8.76. The van der Waals surface area contributed by atoms with Crippen LogP contribution in [0.1, 0.15) is 42.9 Å². The number of carboxylic acid groups (broad SMARTS) is 1. The molecule has 1 aromatic rings. The van der Waals surface area contributed by atoms with E-state index in [9.17, 15) is 4.79 Å². The van der Waals surface area contributed by atoms with Gasteiger partial charge in [-0.15, -0.1) is 0 Å². The third-order valence-electron chi connectivity index (χ3n) is 2.99. The van der Waals surface area contributed by atoms with Gasteiger partial charge < -0.3 is 5.11 Å². The van der Waals surface area contributed by atoms with Crippen LogP contribution in [-0.4, -0.2) is 11.1 Å². The number of aliphatic carboxylic acids is 1. The second-order valence-electron chi connectivity index (χ2n) is 4.32. The number of benzene rings is 1. The first-order valence-electron chi connectivity index (χ1n) is 6.03. The Kier molecular flexibility index (Phi) is 4.95. The maximum absolute atomic E-state index is 10.6. The van der Waals surface area contributed by atoms with Crippen LogP contribution in [0.25, 0.3) is 5.57 Å². The predicted molar refractivity (Wildman–Crippen MR) is 71.1 cm³/mol. The maximum atomic E-state index is 10.6. The molecular formula is C15H20O2. The maximum Gasteiger partial charge on any atom is 0.307 e. The lowest BCUT2D eigenvalue weighted by Gasteiger charge is -2.12. The van der Waals surface area contributed by atoms with E-state index in [-0.39, 0.29) is 6.42 Å². The van der Waals surface area contributed by atoms with Crippen LogP contribution in [0, 0.1) is 13.8 Å². The van der Waals surface area contributed by atoms with Crippen molar-refractivity contribution in [3.63, 3.8) is 0 Å². The Balaban J connectivity index is 3.09. The highest BCUT2D eigenvalue weighted by molar-refractivity contribution is 5.75. The fourth-order valence-electron chi connectivity index (χ4n) is 1.93. The zero-order valence-electron chi connectivity index (χ0n) is 10.8. The summed E-state index contributed by atoms with van der Waals surface area (Å²) in [6, 6.07) is 6.19. The minimum Gasteiger partial charge on any atom is -0.481 e. The zero-order chi connectivity index (χ0) is 12.8. The topological polar surface area (TPSA) is 37.3 Å². The van der Waals surface area contributed by atoms with Gasteiger partial charge in [-0.1, -0.05) is 37.6 Å². The third-order valence-corrected chi connectivity index (χ3v) is 2.99. The zero-order valence-corrected chi connectivity index (χ0v) is 10.8. The Bertz CT molecular complexity index is 431. The van der Waals surface area contributed by atoms with Gasteiger partial charge in [-0.05, 0) is 42.5 Å². The predicted octanol–water partition coefficient (Wildman–Crippen LogP) is 3.96. The average molecular weight is 232 g/mol. The Morgan fingerprint density at radius 1 is 1.35 bits per heavy atom. The quantitative estimate of drug-likeness (QED) is 0.834.